The number of aliphatic hydroxyl groups is 1. The van der Waals surface area contributed by atoms with Gasteiger partial charge < -0.3 is 5.11 Å². The molecule has 1 nitrogen and oxygen atoms in total. The van der Waals surface area contributed by atoms with Gasteiger partial charge >= 0.3 is 0 Å². The molecule has 0 aliphatic carbocycles. The average molecular weight is 208 g/mol. The first-order valence-electron chi connectivity index (χ1n) is 5.65. The zero-order valence-corrected chi connectivity index (χ0v) is 10.5. The Labute approximate surface area is 94.2 Å². The smallest absolute Gasteiger partial charge is 0.0780 e. The van der Waals surface area contributed by atoms with E-state index in [9.17, 15) is 0 Å². The number of aliphatic hydroxyl groups excluding tert-OH is 1. The molecule has 0 saturated carbocycles. The Hall–Kier alpha value is -0.980. The van der Waals surface area contributed by atoms with Gasteiger partial charge in [0.25, 0.3) is 0 Å². The van der Waals surface area contributed by atoms with Crippen LogP contribution in [0.3, 0.4) is 0 Å². The van der Waals surface area contributed by atoms with E-state index in [0.717, 1.165) is 31.3 Å². The topological polar surface area (TPSA) is 20.2 Å². The third-order valence-electron chi connectivity index (χ3n) is 2.34. The zero-order valence-electron chi connectivity index (χ0n) is 10.5. The van der Waals surface area contributed by atoms with E-state index in [1.165, 1.54) is 17.4 Å². The van der Waals surface area contributed by atoms with Crippen molar-refractivity contribution >= 4 is 0 Å². The van der Waals surface area contributed by atoms with Gasteiger partial charge in [-0.15, -0.1) is 0 Å². The lowest BCUT2D eigenvalue weighted by Crippen LogP contribution is -1.80. The number of rotatable bonds is 6. The van der Waals surface area contributed by atoms with E-state index in [0.29, 0.717) is 0 Å². The van der Waals surface area contributed by atoms with Gasteiger partial charge in [-0.3, -0.25) is 0 Å². The molecule has 0 radical (unpaired) electrons. The molecule has 0 unspecified atom stereocenters. The fourth-order valence-corrected chi connectivity index (χ4v) is 1.30. The first-order valence-corrected chi connectivity index (χ1v) is 5.65. The predicted octanol–water partition coefficient (Wildman–Crippen LogP) is 4.92. The highest BCUT2D eigenvalue weighted by molar-refractivity contribution is 5.04. The summed E-state index contributed by atoms with van der Waals surface area (Å²) < 4.78 is 0. The molecule has 0 saturated heterocycles. The van der Waals surface area contributed by atoms with E-state index in [-0.39, 0.29) is 0 Å². The molecule has 0 amide bonds. The molecule has 0 aromatic carbocycles. The van der Waals surface area contributed by atoms with Gasteiger partial charge in [0.1, 0.15) is 0 Å². The van der Waals surface area contributed by atoms with Gasteiger partial charge in [-0.25, -0.2) is 0 Å². The standard InChI is InChI=1S/C14H24O/c1-12(2)7-5-8-13(3)9-6-10-14(4)11-15/h7,9,11,15H,5-6,8,10H2,1-4H3. The molecule has 0 aliphatic rings. The van der Waals surface area contributed by atoms with Crippen LogP contribution in [0.2, 0.25) is 0 Å². The lowest BCUT2D eigenvalue weighted by Gasteiger charge is -2.00. The first-order chi connectivity index (χ1) is 7.06. The SMILES string of the molecule is CC(C)=CCCC(C)=CCCC(C)=CO. The molecule has 86 valence electrons. The molecule has 1 N–H and O–H groups in total. The number of allylic oxidation sites excluding steroid dienone is 5. The van der Waals surface area contributed by atoms with Crippen LogP contribution in [0, 0.1) is 0 Å². The van der Waals surface area contributed by atoms with Crippen molar-refractivity contribution in [1.82, 2.24) is 0 Å². The average Bonchev–Trinajstić information content (AvgIpc) is 2.17. The lowest BCUT2D eigenvalue weighted by atomic mass is 10.1. The van der Waals surface area contributed by atoms with Gasteiger partial charge in [0.05, 0.1) is 6.26 Å². The monoisotopic (exact) mass is 208 g/mol. The predicted molar refractivity (Wildman–Crippen MR) is 68.0 cm³/mol. The van der Waals surface area contributed by atoms with Gasteiger partial charge in [-0.2, -0.15) is 0 Å². The van der Waals surface area contributed by atoms with Gasteiger partial charge in [-0.1, -0.05) is 23.3 Å². The highest BCUT2D eigenvalue weighted by Crippen LogP contribution is 2.10. The van der Waals surface area contributed by atoms with Crippen molar-refractivity contribution in [3.63, 3.8) is 0 Å². The van der Waals surface area contributed by atoms with Gasteiger partial charge in [0, 0.05) is 0 Å². The molecule has 0 fully saturated rings. The van der Waals surface area contributed by atoms with E-state index in [1.54, 1.807) is 0 Å². The van der Waals surface area contributed by atoms with Gasteiger partial charge in [0.2, 0.25) is 0 Å². The molecule has 15 heavy (non-hydrogen) atoms. The van der Waals surface area contributed by atoms with Crippen molar-refractivity contribution in [2.24, 2.45) is 0 Å². The Balaban J connectivity index is 3.75. The quantitative estimate of drug-likeness (QED) is 0.485. The van der Waals surface area contributed by atoms with Crippen molar-refractivity contribution in [3.8, 4) is 0 Å². The second-order valence-electron chi connectivity index (χ2n) is 4.38. The summed E-state index contributed by atoms with van der Waals surface area (Å²) in [7, 11) is 0. The van der Waals surface area contributed by atoms with Crippen LogP contribution in [-0.4, -0.2) is 5.11 Å². The summed E-state index contributed by atoms with van der Waals surface area (Å²) in [6.07, 6.45) is 10.0. The largest absolute Gasteiger partial charge is 0.516 e. The van der Waals surface area contributed by atoms with Crippen LogP contribution in [0.5, 0.6) is 0 Å². The highest BCUT2D eigenvalue weighted by atomic mass is 16.2. The summed E-state index contributed by atoms with van der Waals surface area (Å²) >= 11 is 0. The van der Waals surface area contributed by atoms with E-state index in [1.807, 2.05) is 6.92 Å². The van der Waals surface area contributed by atoms with Gasteiger partial charge in [0.15, 0.2) is 0 Å². The zero-order chi connectivity index (χ0) is 11.7. The molecule has 0 aromatic heterocycles. The maximum Gasteiger partial charge on any atom is 0.0780 e. The van der Waals surface area contributed by atoms with Crippen molar-refractivity contribution in [2.75, 3.05) is 0 Å². The van der Waals surface area contributed by atoms with E-state index < -0.39 is 0 Å². The van der Waals surface area contributed by atoms with Crippen LogP contribution >= 0.6 is 0 Å². The summed E-state index contributed by atoms with van der Waals surface area (Å²) in [4.78, 5) is 0. The van der Waals surface area contributed by atoms with Crippen molar-refractivity contribution < 1.29 is 5.11 Å². The molecule has 0 bridgehead atoms. The molecule has 0 heterocycles. The minimum Gasteiger partial charge on any atom is -0.516 e. The summed E-state index contributed by atoms with van der Waals surface area (Å²) in [6.45, 7) is 8.39. The summed E-state index contributed by atoms with van der Waals surface area (Å²) in [5.41, 5.74) is 3.88. The third kappa shape index (κ3) is 9.33. The van der Waals surface area contributed by atoms with Crippen LogP contribution in [0.15, 0.2) is 35.1 Å². The Morgan fingerprint density at radius 1 is 0.867 bits per heavy atom. The maximum absolute atomic E-state index is 8.71. The van der Waals surface area contributed by atoms with Crippen LogP contribution in [0.4, 0.5) is 0 Å². The minimum absolute atomic E-state index is 0.955. The molecule has 0 aliphatic heterocycles. The third-order valence-corrected chi connectivity index (χ3v) is 2.34. The molecule has 0 rings (SSSR count). The summed E-state index contributed by atoms with van der Waals surface area (Å²) in [5.74, 6) is 0. The molecular formula is C14H24O. The second-order valence-corrected chi connectivity index (χ2v) is 4.38. The molecule has 1 heteroatoms. The minimum atomic E-state index is 0.955. The van der Waals surface area contributed by atoms with Crippen molar-refractivity contribution in [2.45, 2.75) is 53.4 Å². The Kier molecular flexibility index (Phi) is 7.79. The summed E-state index contributed by atoms with van der Waals surface area (Å²) in [6, 6.07) is 0. The van der Waals surface area contributed by atoms with E-state index >= 15 is 0 Å². The van der Waals surface area contributed by atoms with E-state index in [4.69, 9.17) is 5.11 Å². The normalized spacial score (nSPS) is 12.8. The van der Waals surface area contributed by atoms with Gasteiger partial charge in [-0.05, 0) is 59.0 Å². The van der Waals surface area contributed by atoms with Crippen LogP contribution in [-0.2, 0) is 0 Å². The van der Waals surface area contributed by atoms with Crippen molar-refractivity contribution in [1.29, 1.82) is 0 Å². The van der Waals surface area contributed by atoms with Crippen LogP contribution in [0.1, 0.15) is 53.4 Å². The number of hydrogen-bond acceptors (Lipinski definition) is 1. The lowest BCUT2D eigenvalue weighted by molar-refractivity contribution is 0.464. The first kappa shape index (κ1) is 14.0. The van der Waals surface area contributed by atoms with Crippen LogP contribution < -0.4 is 0 Å². The second kappa shape index (κ2) is 8.34. The molecule has 0 spiro atoms. The fraction of sp³-hybridized carbons (Fsp3) is 0.571. The Morgan fingerprint density at radius 2 is 1.40 bits per heavy atom. The molecular weight excluding hydrogens is 184 g/mol. The van der Waals surface area contributed by atoms with Crippen molar-refractivity contribution in [3.05, 3.63) is 35.1 Å². The molecule has 0 atom stereocenters. The Morgan fingerprint density at radius 3 is 1.93 bits per heavy atom. The number of hydrogen-bond donors (Lipinski definition) is 1. The Bertz CT molecular complexity index is 253. The van der Waals surface area contributed by atoms with Crippen LogP contribution in [0.25, 0.3) is 0 Å². The summed E-state index contributed by atoms with van der Waals surface area (Å²) in [5, 5.41) is 8.71. The fourth-order valence-electron chi connectivity index (χ4n) is 1.30. The maximum atomic E-state index is 8.71. The van der Waals surface area contributed by atoms with E-state index in [2.05, 4.69) is 32.9 Å². The highest BCUT2D eigenvalue weighted by Gasteiger charge is 1.91. The molecule has 0 aromatic rings.